The molecular weight excluding hydrogens is 261 g/mol. The lowest BCUT2D eigenvalue weighted by molar-refractivity contribution is -0.115. The standard InChI is InChI=1S/C14H12FN3O2/c15-11-1-3-12(4-2-11)18-13(19)9-17-14(20)10-5-7-16-8-6-10/h1-8H,9H2,(H,17,20)(H,18,19). The Morgan fingerprint density at radius 2 is 1.70 bits per heavy atom. The second kappa shape index (κ2) is 6.42. The number of nitrogens with zero attached hydrogens (tertiary/aromatic N) is 1. The largest absolute Gasteiger partial charge is 0.343 e. The maximum atomic E-state index is 12.7. The zero-order valence-electron chi connectivity index (χ0n) is 10.5. The van der Waals surface area contributed by atoms with E-state index in [0.717, 1.165) is 0 Å². The van der Waals surface area contributed by atoms with Gasteiger partial charge in [0.15, 0.2) is 0 Å². The van der Waals surface area contributed by atoms with Crippen molar-refractivity contribution in [3.8, 4) is 0 Å². The highest BCUT2D eigenvalue weighted by Gasteiger charge is 2.07. The van der Waals surface area contributed by atoms with E-state index in [9.17, 15) is 14.0 Å². The van der Waals surface area contributed by atoms with Crippen molar-refractivity contribution in [2.75, 3.05) is 11.9 Å². The normalized spacial score (nSPS) is 9.85. The number of benzene rings is 1. The molecule has 2 amide bonds. The van der Waals surface area contributed by atoms with Crippen molar-refractivity contribution >= 4 is 17.5 Å². The maximum Gasteiger partial charge on any atom is 0.251 e. The summed E-state index contributed by atoms with van der Waals surface area (Å²) >= 11 is 0. The number of pyridine rings is 1. The molecule has 0 aliphatic rings. The Kier molecular flexibility index (Phi) is 4.39. The second-order valence-electron chi connectivity index (χ2n) is 3.97. The first-order valence-electron chi connectivity index (χ1n) is 5.89. The van der Waals surface area contributed by atoms with Gasteiger partial charge in [-0.1, -0.05) is 0 Å². The summed E-state index contributed by atoms with van der Waals surface area (Å²) in [5.74, 6) is -1.13. The van der Waals surface area contributed by atoms with Crippen LogP contribution in [0.15, 0.2) is 48.8 Å². The van der Waals surface area contributed by atoms with Crippen molar-refractivity contribution in [3.05, 3.63) is 60.2 Å². The minimum Gasteiger partial charge on any atom is -0.343 e. The van der Waals surface area contributed by atoms with Gasteiger partial charge in [0, 0.05) is 23.6 Å². The maximum absolute atomic E-state index is 12.7. The zero-order valence-corrected chi connectivity index (χ0v) is 10.5. The highest BCUT2D eigenvalue weighted by molar-refractivity contribution is 5.99. The number of anilines is 1. The minimum atomic E-state index is -0.390. The van der Waals surface area contributed by atoms with Crippen LogP contribution in [-0.4, -0.2) is 23.3 Å². The monoisotopic (exact) mass is 273 g/mol. The van der Waals surface area contributed by atoms with E-state index in [0.29, 0.717) is 11.3 Å². The van der Waals surface area contributed by atoms with E-state index < -0.39 is 0 Å². The van der Waals surface area contributed by atoms with Gasteiger partial charge in [0.1, 0.15) is 5.82 Å². The Bertz CT molecular complexity index is 600. The molecule has 102 valence electrons. The number of halogens is 1. The zero-order chi connectivity index (χ0) is 14.4. The Hall–Kier alpha value is -2.76. The molecule has 2 aromatic rings. The summed E-state index contributed by atoms with van der Waals surface area (Å²) in [4.78, 5) is 27.1. The summed E-state index contributed by atoms with van der Waals surface area (Å²) in [5.41, 5.74) is 0.893. The average molecular weight is 273 g/mol. The van der Waals surface area contributed by atoms with Crippen LogP contribution >= 0.6 is 0 Å². The first-order valence-corrected chi connectivity index (χ1v) is 5.89. The van der Waals surface area contributed by atoms with Gasteiger partial charge in [0.25, 0.3) is 5.91 Å². The molecule has 2 N–H and O–H groups in total. The molecule has 1 aromatic carbocycles. The second-order valence-corrected chi connectivity index (χ2v) is 3.97. The van der Waals surface area contributed by atoms with Crippen LogP contribution in [0.5, 0.6) is 0 Å². The van der Waals surface area contributed by atoms with Crippen molar-refractivity contribution in [1.29, 1.82) is 0 Å². The van der Waals surface area contributed by atoms with Crippen LogP contribution in [0.25, 0.3) is 0 Å². The molecule has 0 aliphatic carbocycles. The van der Waals surface area contributed by atoms with Gasteiger partial charge >= 0.3 is 0 Å². The van der Waals surface area contributed by atoms with Crippen LogP contribution < -0.4 is 10.6 Å². The summed E-state index contributed by atoms with van der Waals surface area (Å²) in [5, 5.41) is 5.02. The molecule has 5 nitrogen and oxygen atoms in total. The molecule has 0 unspecified atom stereocenters. The minimum absolute atomic E-state index is 0.168. The number of carbonyl (C=O) groups excluding carboxylic acids is 2. The van der Waals surface area contributed by atoms with Gasteiger partial charge in [-0.25, -0.2) is 4.39 Å². The van der Waals surface area contributed by atoms with E-state index >= 15 is 0 Å². The summed E-state index contributed by atoms with van der Waals surface area (Å²) in [7, 11) is 0. The number of carbonyl (C=O) groups is 2. The Morgan fingerprint density at radius 3 is 2.35 bits per heavy atom. The highest BCUT2D eigenvalue weighted by Crippen LogP contribution is 2.07. The van der Waals surface area contributed by atoms with E-state index in [1.807, 2.05) is 0 Å². The van der Waals surface area contributed by atoms with Gasteiger partial charge in [-0.2, -0.15) is 0 Å². The Labute approximate surface area is 114 Å². The smallest absolute Gasteiger partial charge is 0.251 e. The molecule has 0 fully saturated rings. The predicted octanol–water partition coefficient (Wildman–Crippen LogP) is 1.59. The van der Waals surface area contributed by atoms with Gasteiger partial charge in [-0.15, -0.1) is 0 Å². The first-order chi connectivity index (χ1) is 9.65. The molecule has 0 saturated carbocycles. The quantitative estimate of drug-likeness (QED) is 0.888. The molecule has 0 bridgehead atoms. The molecule has 0 radical (unpaired) electrons. The molecular formula is C14H12FN3O2. The van der Waals surface area contributed by atoms with E-state index in [4.69, 9.17) is 0 Å². The van der Waals surface area contributed by atoms with Gasteiger partial charge in [-0.3, -0.25) is 14.6 Å². The van der Waals surface area contributed by atoms with E-state index in [1.54, 1.807) is 12.1 Å². The van der Waals surface area contributed by atoms with Gasteiger partial charge in [0.05, 0.1) is 6.54 Å². The van der Waals surface area contributed by atoms with E-state index in [1.165, 1.54) is 36.7 Å². The average Bonchev–Trinajstić information content (AvgIpc) is 2.48. The fourth-order valence-electron chi connectivity index (χ4n) is 1.50. The number of hydrogen-bond acceptors (Lipinski definition) is 3. The molecule has 0 atom stereocenters. The fraction of sp³-hybridized carbons (Fsp3) is 0.0714. The van der Waals surface area contributed by atoms with Crippen LogP contribution in [0.2, 0.25) is 0 Å². The number of aromatic nitrogens is 1. The molecule has 0 saturated heterocycles. The summed E-state index contributed by atoms with van der Waals surface area (Å²) in [6.45, 7) is -0.168. The number of hydrogen-bond donors (Lipinski definition) is 2. The van der Waals surface area contributed by atoms with Crippen molar-refractivity contribution < 1.29 is 14.0 Å². The Balaban J connectivity index is 1.83. The lowest BCUT2D eigenvalue weighted by Crippen LogP contribution is -2.32. The van der Waals surface area contributed by atoms with Crippen molar-refractivity contribution in [3.63, 3.8) is 0 Å². The third kappa shape index (κ3) is 3.88. The molecule has 6 heteroatoms. The predicted molar refractivity (Wildman–Crippen MR) is 71.6 cm³/mol. The van der Waals surface area contributed by atoms with Crippen LogP contribution in [-0.2, 0) is 4.79 Å². The number of amides is 2. The number of nitrogens with one attached hydrogen (secondary N) is 2. The van der Waals surface area contributed by atoms with Gasteiger partial charge in [-0.05, 0) is 36.4 Å². The van der Waals surface area contributed by atoms with Gasteiger partial charge < -0.3 is 10.6 Å². The first kappa shape index (κ1) is 13.7. The van der Waals surface area contributed by atoms with Crippen LogP contribution in [0, 0.1) is 5.82 Å². The van der Waals surface area contributed by atoms with E-state index in [2.05, 4.69) is 15.6 Å². The third-order valence-corrected chi connectivity index (χ3v) is 2.48. The molecule has 1 aromatic heterocycles. The topological polar surface area (TPSA) is 71.1 Å². The van der Waals surface area contributed by atoms with Crippen LogP contribution in [0.3, 0.4) is 0 Å². The summed E-state index contributed by atoms with van der Waals surface area (Å²) in [6.07, 6.45) is 2.99. The molecule has 20 heavy (non-hydrogen) atoms. The van der Waals surface area contributed by atoms with Crippen molar-refractivity contribution in [2.24, 2.45) is 0 Å². The Morgan fingerprint density at radius 1 is 1.05 bits per heavy atom. The molecule has 0 spiro atoms. The van der Waals surface area contributed by atoms with Crippen molar-refractivity contribution in [1.82, 2.24) is 10.3 Å². The molecule has 1 heterocycles. The van der Waals surface area contributed by atoms with Gasteiger partial charge in [0.2, 0.25) is 5.91 Å². The van der Waals surface area contributed by atoms with Crippen LogP contribution in [0.1, 0.15) is 10.4 Å². The van der Waals surface area contributed by atoms with Crippen LogP contribution in [0.4, 0.5) is 10.1 Å². The number of rotatable bonds is 4. The van der Waals surface area contributed by atoms with Crippen molar-refractivity contribution in [2.45, 2.75) is 0 Å². The summed E-state index contributed by atoms with van der Waals surface area (Å²) < 4.78 is 12.7. The summed E-state index contributed by atoms with van der Waals surface area (Å²) in [6, 6.07) is 8.46. The highest BCUT2D eigenvalue weighted by atomic mass is 19.1. The molecule has 2 rings (SSSR count). The lowest BCUT2D eigenvalue weighted by Gasteiger charge is -2.06. The lowest BCUT2D eigenvalue weighted by atomic mass is 10.2. The SMILES string of the molecule is O=C(CNC(=O)c1ccncc1)Nc1ccc(F)cc1. The fourth-order valence-corrected chi connectivity index (χ4v) is 1.50. The third-order valence-electron chi connectivity index (χ3n) is 2.48. The molecule has 0 aliphatic heterocycles. The van der Waals surface area contributed by atoms with E-state index in [-0.39, 0.29) is 24.2 Å².